The Labute approximate surface area is 194 Å². The third kappa shape index (κ3) is 10.0. The zero-order valence-corrected chi connectivity index (χ0v) is 19.3. The topological polar surface area (TPSA) is 86.1 Å². The van der Waals surface area contributed by atoms with Crippen molar-refractivity contribution in [1.29, 1.82) is 0 Å². The summed E-state index contributed by atoms with van der Waals surface area (Å²) >= 11 is 0. The Morgan fingerprint density at radius 1 is 0.970 bits per heavy atom. The summed E-state index contributed by atoms with van der Waals surface area (Å²) < 4.78 is 10.6. The second-order valence-electron chi connectivity index (χ2n) is 8.67. The van der Waals surface area contributed by atoms with Crippen LogP contribution in [0.15, 0.2) is 54.6 Å². The zero-order chi connectivity index (χ0) is 24.3. The average Bonchev–Trinajstić information content (AvgIpc) is 2.78. The number of esters is 2. The van der Waals surface area contributed by atoms with Crippen LogP contribution in [0.3, 0.4) is 0 Å². The van der Waals surface area contributed by atoms with Crippen molar-refractivity contribution in [3.05, 3.63) is 77.1 Å². The van der Waals surface area contributed by atoms with Gasteiger partial charge in [-0.25, -0.2) is 4.85 Å². The Kier molecular flexibility index (Phi) is 9.62. The highest BCUT2D eigenvalue weighted by Crippen LogP contribution is 2.18. The summed E-state index contributed by atoms with van der Waals surface area (Å²) in [6.45, 7) is 12.7. The van der Waals surface area contributed by atoms with Gasteiger partial charge in [-0.2, -0.15) is 0 Å². The van der Waals surface area contributed by atoms with Gasteiger partial charge in [-0.1, -0.05) is 54.6 Å². The van der Waals surface area contributed by atoms with Gasteiger partial charge in [-0.05, 0) is 38.3 Å². The maximum absolute atomic E-state index is 12.8. The molecule has 0 aliphatic carbocycles. The Morgan fingerprint density at radius 3 is 2.24 bits per heavy atom. The van der Waals surface area contributed by atoms with E-state index in [4.69, 9.17) is 16.0 Å². The quantitative estimate of drug-likeness (QED) is 0.418. The molecule has 0 saturated heterocycles. The SMILES string of the molecule is [C-]#[N+]c1ccc(CNC(=O)[C@H](CCC(=O)OCc2ccccc2)CC(=O)OC(C)(C)C)cc1. The molecule has 0 aliphatic rings. The van der Waals surface area contributed by atoms with Gasteiger partial charge in [0.1, 0.15) is 12.2 Å². The van der Waals surface area contributed by atoms with Crippen molar-refractivity contribution in [3.8, 4) is 0 Å². The van der Waals surface area contributed by atoms with Crippen molar-refractivity contribution in [2.75, 3.05) is 0 Å². The lowest BCUT2D eigenvalue weighted by Crippen LogP contribution is -2.34. The van der Waals surface area contributed by atoms with E-state index >= 15 is 0 Å². The van der Waals surface area contributed by atoms with Crippen LogP contribution < -0.4 is 5.32 Å². The lowest BCUT2D eigenvalue weighted by molar-refractivity contribution is -0.158. The largest absolute Gasteiger partial charge is 0.461 e. The molecule has 2 aromatic carbocycles. The molecule has 0 heterocycles. The van der Waals surface area contributed by atoms with Crippen LogP contribution in [0.25, 0.3) is 4.85 Å². The molecule has 1 amide bonds. The van der Waals surface area contributed by atoms with Crippen LogP contribution in [0.2, 0.25) is 0 Å². The minimum absolute atomic E-state index is 0.00736. The van der Waals surface area contributed by atoms with E-state index in [1.807, 2.05) is 30.3 Å². The van der Waals surface area contributed by atoms with Gasteiger partial charge in [0.05, 0.1) is 13.0 Å². The van der Waals surface area contributed by atoms with Gasteiger partial charge in [-0.3, -0.25) is 14.4 Å². The minimum Gasteiger partial charge on any atom is -0.461 e. The van der Waals surface area contributed by atoms with E-state index in [-0.39, 0.29) is 38.3 Å². The molecule has 174 valence electrons. The summed E-state index contributed by atoms with van der Waals surface area (Å²) in [5.74, 6) is -2.00. The molecule has 0 radical (unpaired) electrons. The van der Waals surface area contributed by atoms with Gasteiger partial charge < -0.3 is 14.8 Å². The van der Waals surface area contributed by atoms with E-state index in [0.29, 0.717) is 5.69 Å². The lowest BCUT2D eigenvalue weighted by Gasteiger charge is -2.22. The van der Waals surface area contributed by atoms with Crippen molar-refractivity contribution >= 4 is 23.5 Å². The van der Waals surface area contributed by atoms with E-state index in [2.05, 4.69) is 10.2 Å². The maximum atomic E-state index is 12.8. The van der Waals surface area contributed by atoms with E-state index in [9.17, 15) is 14.4 Å². The predicted octanol–water partition coefficient (Wildman–Crippen LogP) is 4.73. The molecule has 0 aromatic heterocycles. The van der Waals surface area contributed by atoms with E-state index < -0.39 is 23.5 Å². The number of carbonyl (C=O) groups is 3. The molecule has 0 unspecified atom stereocenters. The van der Waals surface area contributed by atoms with E-state index in [1.54, 1.807) is 45.0 Å². The van der Waals surface area contributed by atoms with Gasteiger partial charge in [0.25, 0.3) is 0 Å². The molecule has 0 aliphatic heterocycles. The number of rotatable bonds is 10. The number of carbonyl (C=O) groups excluding carboxylic acids is 3. The Morgan fingerprint density at radius 2 is 1.64 bits per heavy atom. The Bertz CT molecular complexity index is 972. The van der Waals surface area contributed by atoms with Crippen LogP contribution in [-0.4, -0.2) is 23.4 Å². The number of nitrogens with one attached hydrogen (secondary N) is 1. The molecular formula is C26H30N2O5. The molecule has 2 rings (SSSR count). The maximum Gasteiger partial charge on any atom is 0.307 e. The first-order valence-electron chi connectivity index (χ1n) is 10.8. The molecular weight excluding hydrogens is 420 g/mol. The number of ether oxygens (including phenoxy) is 2. The van der Waals surface area contributed by atoms with Crippen LogP contribution in [0.5, 0.6) is 0 Å². The highest BCUT2D eigenvalue weighted by molar-refractivity contribution is 5.84. The number of hydrogen-bond acceptors (Lipinski definition) is 5. The van der Waals surface area contributed by atoms with Crippen LogP contribution >= 0.6 is 0 Å². The van der Waals surface area contributed by atoms with Gasteiger partial charge >= 0.3 is 11.9 Å². The van der Waals surface area contributed by atoms with E-state index in [1.165, 1.54) is 0 Å². The molecule has 7 nitrogen and oxygen atoms in total. The standard InChI is InChI=1S/C26H30N2O5/c1-26(2,3)33-24(30)16-21(12-15-23(29)32-18-20-8-6-5-7-9-20)25(31)28-17-19-10-13-22(27-4)14-11-19/h5-11,13-14,21H,12,15-18H2,1-3H3,(H,28,31)/t21-/m1/s1. The molecule has 33 heavy (non-hydrogen) atoms. The zero-order valence-electron chi connectivity index (χ0n) is 19.3. The summed E-state index contributed by atoms with van der Waals surface area (Å²) in [4.78, 5) is 40.7. The lowest BCUT2D eigenvalue weighted by atomic mass is 9.98. The molecule has 1 N–H and O–H groups in total. The second-order valence-corrected chi connectivity index (χ2v) is 8.67. The Hall–Kier alpha value is -3.66. The van der Waals surface area contributed by atoms with Crippen LogP contribution in [-0.2, 0) is 37.0 Å². The van der Waals surface area contributed by atoms with Crippen LogP contribution in [0, 0.1) is 12.5 Å². The van der Waals surface area contributed by atoms with Gasteiger partial charge in [0, 0.05) is 18.9 Å². The molecule has 1 atom stereocenters. The fraction of sp³-hybridized carbons (Fsp3) is 0.385. The normalized spacial score (nSPS) is 11.7. The smallest absolute Gasteiger partial charge is 0.307 e. The predicted molar refractivity (Wildman–Crippen MR) is 124 cm³/mol. The summed E-state index contributed by atoms with van der Waals surface area (Å²) in [5.41, 5.74) is 1.55. The Balaban J connectivity index is 1.94. The van der Waals surface area contributed by atoms with Gasteiger partial charge in [-0.15, -0.1) is 0 Å². The summed E-state index contributed by atoms with van der Waals surface area (Å²) in [7, 11) is 0. The molecule has 0 spiro atoms. The monoisotopic (exact) mass is 450 g/mol. The fourth-order valence-corrected chi connectivity index (χ4v) is 3.03. The first kappa shape index (κ1) is 25.6. The first-order valence-corrected chi connectivity index (χ1v) is 10.8. The second kappa shape index (κ2) is 12.4. The summed E-state index contributed by atoms with van der Waals surface area (Å²) in [6.07, 6.45) is 0.0362. The summed E-state index contributed by atoms with van der Waals surface area (Å²) in [6, 6.07) is 16.2. The highest BCUT2D eigenvalue weighted by atomic mass is 16.6. The van der Waals surface area contributed by atoms with Crippen molar-refractivity contribution in [1.82, 2.24) is 5.32 Å². The van der Waals surface area contributed by atoms with Crippen molar-refractivity contribution in [2.24, 2.45) is 5.92 Å². The number of benzene rings is 2. The molecule has 0 bridgehead atoms. The summed E-state index contributed by atoms with van der Waals surface area (Å²) in [5, 5.41) is 2.81. The van der Waals surface area contributed by atoms with Crippen molar-refractivity contribution in [3.63, 3.8) is 0 Å². The first-order chi connectivity index (χ1) is 15.7. The fourth-order valence-electron chi connectivity index (χ4n) is 3.03. The van der Waals surface area contributed by atoms with Crippen LogP contribution in [0.4, 0.5) is 5.69 Å². The molecule has 0 saturated carbocycles. The highest BCUT2D eigenvalue weighted by Gasteiger charge is 2.26. The number of nitrogens with zero attached hydrogens (tertiary/aromatic N) is 1. The molecule has 2 aromatic rings. The van der Waals surface area contributed by atoms with E-state index in [0.717, 1.165) is 11.1 Å². The van der Waals surface area contributed by atoms with Crippen molar-refractivity contribution in [2.45, 2.75) is 58.8 Å². The van der Waals surface area contributed by atoms with Crippen LogP contribution in [0.1, 0.15) is 51.2 Å². The molecule has 7 heteroatoms. The number of amides is 1. The third-order valence-electron chi connectivity index (χ3n) is 4.68. The number of hydrogen-bond donors (Lipinski definition) is 1. The minimum atomic E-state index is -0.730. The van der Waals surface area contributed by atoms with Crippen molar-refractivity contribution < 1.29 is 23.9 Å². The van der Waals surface area contributed by atoms with Gasteiger partial charge in [0.15, 0.2) is 5.69 Å². The third-order valence-corrected chi connectivity index (χ3v) is 4.68. The average molecular weight is 451 g/mol. The molecule has 0 fully saturated rings. The van der Waals surface area contributed by atoms with Gasteiger partial charge in [0.2, 0.25) is 5.91 Å².